The molecule has 3 rings (SSSR count). The number of hydrogen-bond acceptors (Lipinski definition) is 6. The molecule has 0 fully saturated rings. The molecule has 3 aromatic rings. The highest BCUT2D eigenvalue weighted by molar-refractivity contribution is 7.14. The van der Waals surface area contributed by atoms with Crippen molar-refractivity contribution in [3.8, 4) is 11.3 Å². The average Bonchev–Trinajstić information content (AvgIpc) is 3.34. The maximum atomic E-state index is 12.3. The molecule has 0 saturated carbocycles. The van der Waals surface area contributed by atoms with Gasteiger partial charge in [0.2, 0.25) is 11.8 Å². The van der Waals surface area contributed by atoms with Gasteiger partial charge < -0.3 is 20.4 Å². The van der Waals surface area contributed by atoms with Crippen molar-refractivity contribution in [1.29, 1.82) is 0 Å². The Labute approximate surface area is 165 Å². The highest BCUT2D eigenvalue weighted by Crippen LogP contribution is 2.26. The smallest absolute Gasteiger partial charge is 0.287 e. The predicted octanol–water partition coefficient (Wildman–Crippen LogP) is 3.12. The van der Waals surface area contributed by atoms with Crippen molar-refractivity contribution in [3.63, 3.8) is 0 Å². The third kappa shape index (κ3) is 4.83. The van der Waals surface area contributed by atoms with E-state index in [2.05, 4.69) is 20.9 Å². The quantitative estimate of drug-likeness (QED) is 0.590. The van der Waals surface area contributed by atoms with Gasteiger partial charge in [-0.15, -0.1) is 11.3 Å². The second kappa shape index (κ2) is 8.49. The van der Waals surface area contributed by atoms with E-state index in [9.17, 15) is 14.4 Å². The zero-order valence-corrected chi connectivity index (χ0v) is 16.0. The molecule has 8 nitrogen and oxygen atoms in total. The van der Waals surface area contributed by atoms with E-state index in [0.29, 0.717) is 16.5 Å². The Morgan fingerprint density at radius 1 is 1.11 bits per heavy atom. The lowest BCUT2D eigenvalue weighted by molar-refractivity contribution is -0.117. The van der Waals surface area contributed by atoms with E-state index in [1.807, 2.05) is 17.5 Å². The summed E-state index contributed by atoms with van der Waals surface area (Å²) in [5.41, 5.74) is 2.24. The number of furan rings is 1. The van der Waals surface area contributed by atoms with Crippen molar-refractivity contribution >= 4 is 39.9 Å². The van der Waals surface area contributed by atoms with Crippen LogP contribution in [0.15, 0.2) is 52.5 Å². The number of nitrogens with one attached hydrogen (secondary N) is 3. The lowest BCUT2D eigenvalue weighted by atomic mass is 10.1. The molecule has 0 aliphatic carbocycles. The minimum absolute atomic E-state index is 0.138. The molecule has 3 N–H and O–H groups in total. The number of rotatable bonds is 6. The molecule has 2 aromatic heterocycles. The minimum atomic E-state index is -0.762. The van der Waals surface area contributed by atoms with E-state index in [0.717, 1.165) is 5.56 Å². The Kier molecular flexibility index (Phi) is 5.85. The zero-order chi connectivity index (χ0) is 20.1. The Morgan fingerprint density at radius 2 is 1.86 bits per heavy atom. The van der Waals surface area contributed by atoms with E-state index >= 15 is 0 Å². The van der Waals surface area contributed by atoms with Gasteiger partial charge in [-0.05, 0) is 31.2 Å². The summed E-state index contributed by atoms with van der Waals surface area (Å²) in [7, 11) is 0. The number of hydrogen-bond donors (Lipinski definition) is 3. The number of amides is 3. The first-order chi connectivity index (χ1) is 13.4. The van der Waals surface area contributed by atoms with E-state index in [1.165, 1.54) is 30.6 Å². The van der Waals surface area contributed by atoms with Gasteiger partial charge in [-0.1, -0.05) is 12.1 Å². The van der Waals surface area contributed by atoms with Crippen molar-refractivity contribution in [2.24, 2.45) is 0 Å². The van der Waals surface area contributed by atoms with Crippen LogP contribution in [0.4, 0.5) is 10.8 Å². The van der Waals surface area contributed by atoms with E-state index in [-0.39, 0.29) is 17.6 Å². The number of carbonyl (C=O) groups is 3. The van der Waals surface area contributed by atoms with E-state index < -0.39 is 11.9 Å². The van der Waals surface area contributed by atoms with Gasteiger partial charge >= 0.3 is 0 Å². The van der Waals surface area contributed by atoms with Gasteiger partial charge in [0.15, 0.2) is 10.9 Å². The summed E-state index contributed by atoms with van der Waals surface area (Å²) in [5.74, 6) is -0.855. The average molecular weight is 398 g/mol. The van der Waals surface area contributed by atoms with Gasteiger partial charge in [-0.3, -0.25) is 14.4 Å². The molecule has 0 aliphatic rings. The second-order valence-corrected chi connectivity index (χ2v) is 6.82. The van der Waals surface area contributed by atoms with Crippen LogP contribution in [0.1, 0.15) is 24.4 Å². The molecule has 144 valence electrons. The maximum Gasteiger partial charge on any atom is 0.287 e. The van der Waals surface area contributed by atoms with Crippen molar-refractivity contribution in [2.75, 3.05) is 10.6 Å². The molecule has 0 aliphatic heterocycles. The van der Waals surface area contributed by atoms with Crippen molar-refractivity contribution in [2.45, 2.75) is 19.9 Å². The van der Waals surface area contributed by atoms with Gasteiger partial charge in [-0.25, -0.2) is 4.98 Å². The molecule has 0 bridgehead atoms. The SMILES string of the molecule is CC(=O)Nc1ccc(-c2csc(NC(=O)C(C)NC(=O)c3ccco3)n2)cc1. The third-order valence-corrected chi connectivity index (χ3v) is 4.48. The summed E-state index contributed by atoms with van der Waals surface area (Å²) >= 11 is 1.28. The highest BCUT2D eigenvalue weighted by Gasteiger charge is 2.19. The van der Waals surface area contributed by atoms with Crippen molar-refractivity contribution in [1.82, 2.24) is 10.3 Å². The largest absolute Gasteiger partial charge is 0.459 e. The Balaban J connectivity index is 1.59. The van der Waals surface area contributed by atoms with Gasteiger partial charge in [0.1, 0.15) is 6.04 Å². The number of thiazole rings is 1. The summed E-state index contributed by atoms with van der Waals surface area (Å²) in [6, 6.07) is 9.57. The van der Waals surface area contributed by atoms with Gasteiger partial charge in [-0.2, -0.15) is 0 Å². The zero-order valence-electron chi connectivity index (χ0n) is 15.2. The Hall–Kier alpha value is -3.46. The van der Waals surface area contributed by atoms with Crippen LogP contribution >= 0.6 is 11.3 Å². The van der Waals surface area contributed by atoms with Gasteiger partial charge in [0, 0.05) is 23.6 Å². The van der Waals surface area contributed by atoms with Crippen LogP contribution in [0.3, 0.4) is 0 Å². The summed E-state index contributed by atoms with van der Waals surface area (Å²) in [4.78, 5) is 39.7. The van der Waals surface area contributed by atoms with Crippen LogP contribution in [0, 0.1) is 0 Å². The molecule has 0 saturated heterocycles. The minimum Gasteiger partial charge on any atom is -0.459 e. The molecular weight excluding hydrogens is 380 g/mol. The Bertz CT molecular complexity index is 980. The fourth-order valence-corrected chi connectivity index (χ4v) is 3.07. The maximum absolute atomic E-state index is 12.3. The predicted molar refractivity (Wildman–Crippen MR) is 106 cm³/mol. The highest BCUT2D eigenvalue weighted by atomic mass is 32.1. The molecule has 1 atom stereocenters. The lowest BCUT2D eigenvalue weighted by Gasteiger charge is -2.11. The van der Waals surface area contributed by atoms with Crippen LogP contribution < -0.4 is 16.0 Å². The molecule has 0 spiro atoms. The molecule has 1 aromatic carbocycles. The van der Waals surface area contributed by atoms with E-state index in [4.69, 9.17) is 4.42 Å². The van der Waals surface area contributed by atoms with Crippen molar-refractivity contribution in [3.05, 3.63) is 53.8 Å². The first-order valence-corrected chi connectivity index (χ1v) is 9.29. The summed E-state index contributed by atoms with van der Waals surface area (Å²) in [6.45, 7) is 3.02. The molecular formula is C19H18N4O4S. The van der Waals surface area contributed by atoms with Crippen LogP contribution in [0.25, 0.3) is 11.3 Å². The van der Waals surface area contributed by atoms with Crippen LogP contribution in [-0.4, -0.2) is 28.7 Å². The van der Waals surface area contributed by atoms with Crippen LogP contribution in [-0.2, 0) is 9.59 Å². The number of anilines is 2. The number of carbonyl (C=O) groups excluding carboxylic acids is 3. The fourth-order valence-electron chi connectivity index (χ4n) is 2.35. The second-order valence-electron chi connectivity index (χ2n) is 5.96. The monoisotopic (exact) mass is 398 g/mol. The normalized spacial score (nSPS) is 11.5. The van der Waals surface area contributed by atoms with Crippen LogP contribution in [0.2, 0.25) is 0 Å². The first kappa shape index (κ1) is 19.3. The lowest BCUT2D eigenvalue weighted by Crippen LogP contribution is -2.41. The molecule has 1 unspecified atom stereocenters. The number of benzene rings is 1. The first-order valence-electron chi connectivity index (χ1n) is 8.41. The van der Waals surface area contributed by atoms with Gasteiger partial charge in [0.05, 0.1) is 12.0 Å². The van der Waals surface area contributed by atoms with E-state index in [1.54, 1.807) is 25.1 Å². The molecule has 0 radical (unpaired) electrons. The summed E-state index contributed by atoms with van der Waals surface area (Å²) in [5, 5.41) is 10.2. The molecule has 28 heavy (non-hydrogen) atoms. The topological polar surface area (TPSA) is 113 Å². The number of aromatic nitrogens is 1. The van der Waals surface area contributed by atoms with Crippen LogP contribution in [0.5, 0.6) is 0 Å². The Morgan fingerprint density at radius 3 is 2.50 bits per heavy atom. The molecule has 9 heteroatoms. The van der Waals surface area contributed by atoms with Crippen molar-refractivity contribution < 1.29 is 18.8 Å². The summed E-state index contributed by atoms with van der Waals surface area (Å²) < 4.78 is 5.00. The standard InChI is InChI=1S/C19H18N4O4S/c1-11(20-18(26)16-4-3-9-27-16)17(25)23-19-22-15(10-28-19)13-5-7-14(8-6-13)21-12(2)24/h3-11H,1-2H3,(H,20,26)(H,21,24)(H,22,23,25). The summed E-state index contributed by atoms with van der Waals surface area (Å²) in [6.07, 6.45) is 1.39. The molecule has 3 amide bonds. The third-order valence-electron chi connectivity index (χ3n) is 3.72. The number of nitrogens with zero attached hydrogens (tertiary/aromatic N) is 1. The molecule has 2 heterocycles. The fraction of sp³-hybridized carbons (Fsp3) is 0.158. The van der Waals surface area contributed by atoms with Gasteiger partial charge in [0.25, 0.3) is 5.91 Å².